The maximum atomic E-state index is 12.9. The number of amides is 1. The average molecular weight is 506 g/mol. The van der Waals surface area contributed by atoms with Crippen molar-refractivity contribution < 1.29 is 9.90 Å². The predicted octanol–water partition coefficient (Wildman–Crippen LogP) is 5.41. The first-order valence-corrected chi connectivity index (χ1v) is 12.6. The third-order valence-electron chi connectivity index (χ3n) is 6.77. The molecule has 1 aromatic heterocycles. The minimum atomic E-state index is -0.0666. The Balaban J connectivity index is 1.46. The number of nitrogens with zero attached hydrogens (tertiary/aromatic N) is 2. The first kappa shape index (κ1) is 22.2. The molecule has 170 valence electrons. The van der Waals surface area contributed by atoms with E-state index in [1.54, 1.807) is 0 Å². The van der Waals surface area contributed by atoms with Gasteiger partial charge in [-0.1, -0.05) is 71.9 Å². The van der Waals surface area contributed by atoms with Gasteiger partial charge in [0, 0.05) is 10.0 Å². The predicted molar refractivity (Wildman–Crippen MR) is 133 cm³/mol. The van der Waals surface area contributed by atoms with Gasteiger partial charge in [-0.15, -0.1) is 0 Å². The second kappa shape index (κ2) is 9.74. The van der Waals surface area contributed by atoms with Gasteiger partial charge in [0.1, 0.15) is 0 Å². The summed E-state index contributed by atoms with van der Waals surface area (Å²) < 4.78 is 0.998. The van der Waals surface area contributed by atoms with E-state index in [1.807, 2.05) is 30.3 Å². The van der Waals surface area contributed by atoms with Crippen LogP contribution >= 0.6 is 15.9 Å². The van der Waals surface area contributed by atoms with Crippen molar-refractivity contribution >= 4 is 27.7 Å². The molecule has 1 amide bonds. The zero-order valence-corrected chi connectivity index (χ0v) is 20.2. The van der Waals surface area contributed by atoms with E-state index in [-0.39, 0.29) is 12.5 Å². The number of hydrogen-bond donors (Lipinski definition) is 2. The van der Waals surface area contributed by atoms with E-state index in [4.69, 9.17) is 9.97 Å². The number of benzene rings is 2. The fourth-order valence-corrected chi connectivity index (χ4v) is 5.29. The lowest BCUT2D eigenvalue weighted by molar-refractivity contribution is -0.115. The standard InChI is InChI=1S/C27H28BrN3O2/c28-21-9-5-18(6-10-21)15-25(33)31-27-24(14-17-3-1-2-4-17)29-26-22-11-7-19(16-32)13-20(22)8-12-23(26)30-27/h5-7,9-11,13,17,32H,1-4,8,12,14-16H2,(H,30,31,33). The van der Waals surface area contributed by atoms with E-state index in [0.29, 0.717) is 18.2 Å². The number of aromatic nitrogens is 2. The van der Waals surface area contributed by atoms with Crippen molar-refractivity contribution in [3.05, 3.63) is 75.0 Å². The molecule has 2 aliphatic rings. The number of rotatable bonds is 6. The Hall–Kier alpha value is -2.57. The number of anilines is 1. The third-order valence-corrected chi connectivity index (χ3v) is 7.30. The van der Waals surface area contributed by atoms with E-state index in [9.17, 15) is 9.90 Å². The Bertz CT molecular complexity index is 1170. The molecule has 2 aromatic carbocycles. The summed E-state index contributed by atoms with van der Waals surface area (Å²) in [7, 11) is 0. The monoisotopic (exact) mass is 505 g/mol. The van der Waals surface area contributed by atoms with Crippen LogP contribution in [-0.4, -0.2) is 21.0 Å². The van der Waals surface area contributed by atoms with Gasteiger partial charge in [0.05, 0.1) is 30.1 Å². The van der Waals surface area contributed by atoms with Gasteiger partial charge in [0.25, 0.3) is 0 Å². The highest BCUT2D eigenvalue weighted by Crippen LogP contribution is 2.35. The number of aryl methyl sites for hydroxylation is 2. The Morgan fingerprint density at radius 2 is 1.79 bits per heavy atom. The number of carbonyl (C=O) groups excluding carboxylic acids is 1. The Morgan fingerprint density at radius 3 is 2.55 bits per heavy atom. The molecule has 33 heavy (non-hydrogen) atoms. The Kier molecular flexibility index (Phi) is 6.56. The lowest BCUT2D eigenvalue weighted by Crippen LogP contribution is -2.20. The summed E-state index contributed by atoms with van der Waals surface area (Å²) in [5.74, 6) is 1.15. The summed E-state index contributed by atoms with van der Waals surface area (Å²) in [4.78, 5) is 22.9. The van der Waals surface area contributed by atoms with Gasteiger partial charge in [-0.2, -0.15) is 0 Å². The quantitative estimate of drug-likeness (QED) is 0.469. The maximum Gasteiger partial charge on any atom is 0.229 e. The number of aliphatic hydroxyl groups excluding tert-OH is 1. The highest BCUT2D eigenvalue weighted by atomic mass is 79.9. The molecule has 0 bridgehead atoms. The minimum absolute atomic E-state index is 0.0437. The van der Waals surface area contributed by atoms with Crippen LogP contribution in [0.2, 0.25) is 0 Å². The van der Waals surface area contributed by atoms with Crippen molar-refractivity contribution in [2.24, 2.45) is 5.92 Å². The highest BCUT2D eigenvalue weighted by molar-refractivity contribution is 9.10. The molecule has 6 heteroatoms. The van der Waals surface area contributed by atoms with Crippen molar-refractivity contribution in [2.45, 2.75) is 58.0 Å². The molecule has 0 atom stereocenters. The van der Waals surface area contributed by atoms with Gasteiger partial charge in [-0.25, -0.2) is 9.97 Å². The van der Waals surface area contributed by atoms with Crippen LogP contribution in [0, 0.1) is 5.92 Å². The molecular formula is C27H28BrN3O2. The summed E-state index contributed by atoms with van der Waals surface area (Å²) in [6.07, 6.45) is 7.74. The van der Waals surface area contributed by atoms with Crippen molar-refractivity contribution in [1.29, 1.82) is 0 Å². The third kappa shape index (κ3) is 5.02. The lowest BCUT2D eigenvalue weighted by Gasteiger charge is -2.22. The van der Waals surface area contributed by atoms with Crippen LogP contribution in [0.5, 0.6) is 0 Å². The van der Waals surface area contributed by atoms with Crippen LogP contribution < -0.4 is 5.32 Å². The van der Waals surface area contributed by atoms with Crippen LogP contribution in [0.15, 0.2) is 46.9 Å². The minimum Gasteiger partial charge on any atom is -0.392 e. The largest absolute Gasteiger partial charge is 0.392 e. The number of hydrogen-bond acceptors (Lipinski definition) is 4. The molecule has 3 aromatic rings. The molecule has 1 fully saturated rings. The maximum absolute atomic E-state index is 12.9. The molecule has 2 N–H and O–H groups in total. The molecule has 0 aliphatic heterocycles. The second-order valence-electron chi connectivity index (χ2n) is 9.17. The Labute approximate surface area is 202 Å². The molecule has 5 nitrogen and oxygen atoms in total. The van der Waals surface area contributed by atoms with Gasteiger partial charge >= 0.3 is 0 Å². The molecular weight excluding hydrogens is 478 g/mol. The van der Waals surface area contributed by atoms with Crippen LogP contribution in [0.4, 0.5) is 5.82 Å². The fourth-order valence-electron chi connectivity index (χ4n) is 5.03. The molecule has 0 saturated heterocycles. The van der Waals surface area contributed by atoms with Crippen molar-refractivity contribution in [3.63, 3.8) is 0 Å². The van der Waals surface area contributed by atoms with Gasteiger partial charge in [-0.3, -0.25) is 4.79 Å². The van der Waals surface area contributed by atoms with E-state index in [2.05, 4.69) is 33.4 Å². The molecule has 1 saturated carbocycles. The number of carbonyl (C=O) groups is 1. The van der Waals surface area contributed by atoms with Crippen molar-refractivity contribution in [2.75, 3.05) is 5.32 Å². The average Bonchev–Trinajstić information content (AvgIpc) is 3.33. The number of aliphatic hydroxyl groups is 1. The lowest BCUT2D eigenvalue weighted by atomic mass is 9.90. The molecule has 5 rings (SSSR count). The van der Waals surface area contributed by atoms with Crippen LogP contribution in [-0.2, 0) is 37.1 Å². The number of halogens is 1. The number of nitrogens with one attached hydrogen (secondary N) is 1. The summed E-state index contributed by atoms with van der Waals surface area (Å²) in [6, 6.07) is 13.9. The van der Waals surface area contributed by atoms with Crippen LogP contribution in [0.3, 0.4) is 0 Å². The van der Waals surface area contributed by atoms with Crippen molar-refractivity contribution in [3.8, 4) is 11.3 Å². The highest BCUT2D eigenvalue weighted by Gasteiger charge is 2.25. The Morgan fingerprint density at radius 1 is 1.03 bits per heavy atom. The number of fused-ring (bicyclic) bond motifs is 3. The normalized spacial score (nSPS) is 15.2. The van der Waals surface area contributed by atoms with Crippen LogP contribution in [0.25, 0.3) is 11.3 Å². The zero-order valence-electron chi connectivity index (χ0n) is 18.6. The van der Waals surface area contributed by atoms with Gasteiger partial charge in [-0.05, 0) is 54.0 Å². The SMILES string of the molecule is O=C(Cc1ccc(Br)cc1)Nc1nc2c(nc1CC1CCCC1)-c1ccc(CO)cc1CC2. The topological polar surface area (TPSA) is 75.1 Å². The van der Waals surface area contributed by atoms with Crippen LogP contribution in [0.1, 0.15) is 53.8 Å². The summed E-state index contributed by atoms with van der Waals surface area (Å²) in [5, 5.41) is 12.6. The summed E-state index contributed by atoms with van der Waals surface area (Å²) in [5.41, 5.74) is 6.96. The second-order valence-corrected chi connectivity index (χ2v) is 10.1. The van der Waals surface area contributed by atoms with E-state index < -0.39 is 0 Å². The molecule has 2 aliphatic carbocycles. The summed E-state index contributed by atoms with van der Waals surface area (Å²) >= 11 is 3.44. The first-order valence-electron chi connectivity index (χ1n) is 11.8. The zero-order chi connectivity index (χ0) is 22.8. The van der Waals surface area contributed by atoms with Gasteiger partial charge < -0.3 is 10.4 Å². The fraction of sp³-hybridized carbons (Fsp3) is 0.370. The first-order chi connectivity index (χ1) is 16.1. The van der Waals surface area contributed by atoms with E-state index in [1.165, 1.54) is 31.2 Å². The van der Waals surface area contributed by atoms with E-state index >= 15 is 0 Å². The van der Waals surface area contributed by atoms with Gasteiger partial charge in [0.2, 0.25) is 5.91 Å². The van der Waals surface area contributed by atoms with Crippen molar-refractivity contribution in [1.82, 2.24) is 9.97 Å². The molecule has 0 unspecified atom stereocenters. The smallest absolute Gasteiger partial charge is 0.229 e. The molecule has 0 radical (unpaired) electrons. The summed E-state index contributed by atoms with van der Waals surface area (Å²) in [6.45, 7) is 0.0437. The van der Waals surface area contributed by atoms with E-state index in [0.717, 1.165) is 57.5 Å². The molecule has 0 spiro atoms. The molecule has 1 heterocycles. The van der Waals surface area contributed by atoms with Gasteiger partial charge in [0.15, 0.2) is 5.82 Å².